The minimum absolute atomic E-state index is 0.0996. The van der Waals surface area contributed by atoms with Crippen LogP contribution in [-0.2, 0) is 9.59 Å². The Morgan fingerprint density at radius 2 is 1.85 bits per heavy atom. The number of nitrogens with one attached hydrogen (secondary N) is 1. The predicted octanol–water partition coefficient (Wildman–Crippen LogP) is 2.13. The first-order valence-electron chi connectivity index (χ1n) is 7.23. The minimum Gasteiger partial charge on any atom is -0.478 e. The van der Waals surface area contributed by atoms with Crippen molar-refractivity contribution in [2.75, 3.05) is 11.1 Å². The normalized spacial score (nSPS) is 10.5. The van der Waals surface area contributed by atoms with Crippen molar-refractivity contribution in [2.45, 2.75) is 19.5 Å². The van der Waals surface area contributed by atoms with Crippen molar-refractivity contribution >= 4 is 29.5 Å². The molecule has 1 heterocycles. The van der Waals surface area contributed by atoms with Crippen molar-refractivity contribution < 1.29 is 37.8 Å². The van der Waals surface area contributed by atoms with Gasteiger partial charge in [-0.1, -0.05) is 6.92 Å². The molecule has 2 aromatic rings. The zero-order chi connectivity index (χ0) is 20.8. The van der Waals surface area contributed by atoms with Crippen LogP contribution < -0.4 is 11.1 Å². The Balaban J connectivity index is 0.000000445. The summed E-state index contributed by atoms with van der Waals surface area (Å²) >= 11 is 0. The van der Waals surface area contributed by atoms with Crippen molar-refractivity contribution in [2.24, 2.45) is 0 Å². The Bertz CT molecular complexity index is 848. The molecule has 0 fully saturated rings. The molecule has 0 saturated heterocycles. The van der Waals surface area contributed by atoms with Crippen molar-refractivity contribution in [1.29, 1.82) is 0 Å². The molecule has 5 N–H and O–H groups in total. The van der Waals surface area contributed by atoms with Crippen LogP contribution in [0, 0.1) is 0 Å². The lowest BCUT2D eigenvalue weighted by Gasteiger charge is -2.13. The van der Waals surface area contributed by atoms with E-state index >= 15 is 0 Å². The lowest BCUT2D eigenvalue weighted by molar-refractivity contribution is -0.192. The molecule has 0 spiro atoms. The molecule has 0 aliphatic rings. The van der Waals surface area contributed by atoms with Gasteiger partial charge in [-0.05, 0) is 18.2 Å². The number of amides is 1. The lowest BCUT2D eigenvalue weighted by Crippen LogP contribution is -2.21. The molecule has 146 valence electrons. The molecule has 1 aromatic carbocycles. The van der Waals surface area contributed by atoms with Gasteiger partial charge < -0.3 is 21.3 Å². The van der Waals surface area contributed by atoms with E-state index in [-0.39, 0.29) is 17.4 Å². The first-order valence-corrected chi connectivity index (χ1v) is 7.23. The fraction of sp³-hybridized carbons (Fsp3) is 0.200. The van der Waals surface area contributed by atoms with E-state index in [9.17, 15) is 22.8 Å². The number of anilines is 2. The zero-order valence-electron chi connectivity index (χ0n) is 13.8. The summed E-state index contributed by atoms with van der Waals surface area (Å²) in [6.07, 6.45) is -1.67. The van der Waals surface area contributed by atoms with E-state index in [1.54, 1.807) is 13.1 Å². The van der Waals surface area contributed by atoms with E-state index in [2.05, 4.69) is 10.3 Å². The molecule has 0 atom stereocenters. The number of benzene rings is 1. The Kier molecular flexibility index (Phi) is 6.91. The van der Waals surface area contributed by atoms with Crippen molar-refractivity contribution in [3.05, 3.63) is 36.2 Å². The number of carboxylic acids is 2. The molecule has 0 aliphatic carbocycles. The van der Waals surface area contributed by atoms with Crippen molar-refractivity contribution in [1.82, 2.24) is 9.55 Å². The quantitative estimate of drug-likeness (QED) is 0.627. The average molecular weight is 388 g/mol. The van der Waals surface area contributed by atoms with Gasteiger partial charge >= 0.3 is 18.1 Å². The molecular formula is C15H15F3N4O5. The zero-order valence-corrected chi connectivity index (χ0v) is 13.8. The maximum atomic E-state index is 11.5. The van der Waals surface area contributed by atoms with Gasteiger partial charge in [0.1, 0.15) is 0 Å². The van der Waals surface area contributed by atoms with Crippen LogP contribution in [0.4, 0.5) is 24.8 Å². The van der Waals surface area contributed by atoms with Gasteiger partial charge in [-0.15, -0.1) is 0 Å². The molecule has 0 radical (unpaired) electrons. The van der Waals surface area contributed by atoms with Crippen LogP contribution in [0.2, 0.25) is 0 Å². The van der Waals surface area contributed by atoms with Crippen LogP contribution in [0.5, 0.6) is 0 Å². The molecule has 1 amide bonds. The first-order chi connectivity index (χ1) is 12.5. The maximum absolute atomic E-state index is 11.5. The van der Waals surface area contributed by atoms with Gasteiger partial charge in [0, 0.05) is 18.8 Å². The van der Waals surface area contributed by atoms with Gasteiger partial charge in [0.15, 0.2) is 0 Å². The number of imidazole rings is 1. The lowest BCUT2D eigenvalue weighted by atomic mass is 10.1. The second-order valence-electron chi connectivity index (χ2n) is 4.90. The minimum atomic E-state index is -5.08. The second-order valence-corrected chi connectivity index (χ2v) is 4.90. The van der Waals surface area contributed by atoms with Crippen LogP contribution in [0.25, 0.3) is 5.69 Å². The Morgan fingerprint density at radius 1 is 1.26 bits per heavy atom. The Morgan fingerprint density at radius 3 is 2.26 bits per heavy atom. The van der Waals surface area contributed by atoms with Gasteiger partial charge in [-0.2, -0.15) is 13.2 Å². The molecule has 1 aromatic heterocycles. The third-order valence-corrected chi connectivity index (χ3v) is 3.01. The van der Waals surface area contributed by atoms with Crippen LogP contribution in [0.1, 0.15) is 23.7 Å². The Hall–Kier alpha value is -3.57. The van der Waals surface area contributed by atoms with E-state index in [4.69, 9.17) is 20.7 Å². The molecule has 0 bridgehead atoms. The summed E-state index contributed by atoms with van der Waals surface area (Å²) in [5.41, 5.74) is 6.76. The molecule has 0 aliphatic heterocycles. The van der Waals surface area contributed by atoms with E-state index < -0.39 is 18.1 Å². The Labute approximate surface area is 150 Å². The van der Waals surface area contributed by atoms with Crippen molar-refractivity contribution in [3.8, 4) is 5.69 Å². The predicted molar refractivity (Wildman–Crippen MR) is 87.5 cm³/mol. The summed E-state index contributed by atoms with van der Waals surface area (Å²) in [5.74, 6) is -3.78. The van der Waals surface area contributed by atoms with E-state index in [0.29, 0.717) is 17.8 Å². The number of aliphatic carboxylic acids is 1. The largest absolute Gasteiger partial charge is 0.490 e. The van der Waals surface area contributed by atoms with Crippen LogP contribution >= 0.6 is 0 Å². The molecule has 9 nitrogen and oxygen atoms in total. The topological polar surface area (TPSA) is 148 Å². The molecule has 27 heavy (non-hydrogen) atoms. The van der Waals surface area contributed by atoms with Crippen LogP contribution in [0.15, 0.2) is 30.6 Å². The van der Waals surface area contributed by atoms with Crippen molar-refractivity contribution in [3.63, 3.8) is 0 Å². The maximum Gasteiger partial charge on any atom is 0.490 e. The summed E-state index contributed by atoms with van der Waals surface area (Å²) in [7, 11) is 0. The fourth-order valence-corrected chi connectivity index (χ4v) is 1.73. The number of nitrogens with two attached hydrogens (primary N) is 1. The number of aromatic nitrogens is 2. The molecule has 2 rings (SSSR count). The third kappa shape index (κ3) is 6.02. The first kappa shape index (κ1) is 21.5. The number of nitrogens with zero attached hydrogens (tertiary/aromatic N) is 2. The molecule has 12 heteroatoms. The van der Waals surface area contributed by atoms with E-state index in [1.165, 1.54) is 29.0 Å². The number of alkyl halides is 3. The molecular weight excluding hydrogens is 373 g/mol. The van der Waals surface area contributed by atoms with Gasteiger partial charge in [0.25, 0.3) is 0 Å². The second kappa shape index (κ2) is 8.69. The monoisotopic (exact) mass is 388 g/mol. The number of carboxylic acid groups (broad SMARTS) is 2. The highest BCUT2D eigenvalue weighted by molar-refractivity contribution is 5.95. The van der Waals surface area contributed by atoms with Gasteiger partial charge in [0.2, 0.25) is 11.9 Å². The number of aromatic carboxylic acids is 1. The van der Waals surface area contributed by atoms with Gasteiger partial charge in [0.05, 0.1) is 16.9 Å². The van der Waals surface area contributed by atoms with Crippen LogP contribution in [0.3, 0.4) is 0 Å². The summed E-state index contributed by atoms with van der Waals surface area (Å²) in [6.45, 7) is 1.73. The molecule has 0 saturated carbocycles. The van der Waals surface area contributed by atoms with E-state index in [1.807, 2.05) is 0 Å². The molecule has 0 unspecified atom stereocenters. The van der Waals surface area contributed by atoms with Gasteiger partial charge in [-0.3, -0.25) is 9.36 Å². The average Bonchev–Trinajstić information content (AvgIpc) is 3.00. The highest BCUT2D eigenvalue weighted by Gasteiger charge is 2.38. The number of carbonyl (C=O) groups excluding carboxylic acids is 1. The highest BCUT2D eigenvalue weighted by Crippen LogP contribution is 2.24. The fourth-order valence-electron chi connectivity index (χ4n) is 1.73. The number of carbonyl (C=O) groups is 3. The number of nitrogen functional groups attached to an aromatic ring is 1. The third-order valence-electron chi connectivity index (χ3n) is 3.01. The smallest absolute Gasteiger partial charge is 0.478 e. The van der Waals surface area contributed by atoms with Gasteiger partial charge in [-0.25, -0.2) is 14.6 Å². The summed E-state index contributed by atoms with van der Waals surface area (Å²) < 4.78 is 33.2. The number of hydrogen-bond donors (Lipinski definition) is 4. The SMILES string of the molecule is CCC(=O)Nc1ccc(C(=O)O)cc1-n1ccnc1N.O=C(O)C(F)(F)F. The standard InChI is InChI=1S/C13H14N4O3.C2HF3O2/c1-2-11(18)16-9-4-3-8(12(19)20)7-10(9)17-6-5-15-13(17)14;3-2(4,5)1(6)7/h3-7H,2H2,1H3,(H2,14,15)(H,16,18)(H,19,20);(H,6,7). The van der Waals surface area contributed by atoms with E-state index in [0.717, 1.165) is 0 Å². The highest BCUT2D eigenvalue weighted by atomic mass is 19.4. The number of halogens is 3. The summed E-state index contributed by atoms with van der Waals surface area (Å²) in [4.78, 5) is 35.4. The summed E-state index contributed by atoms with van der Waals surface area (Å²) in [5, 5.41) is 18.9. The van der Waals surface area contributed by atoms with Crippen LogP contribution in [-0.4, -0.2) is 43.8 Å². The number of rotatable bonds is 4. The number of hydrogen-bond acceptors (Lipinski definition) is 5. The summed E-state index contributed by atoms with van der Waals surface area (Å²) in [6, 6.07) is 4.39.